The van der Waals surface area contributed by atoms with Gasteiger partial charge in [-0.25, -0.2) is 0 Å². The molecular weight excluding hydrogens is 843 g/mol. The minimum absolute atomic E-state index is 0.252. The molecule has 400 valence electrons. The zero-order valence-electron chi connectivity index (χ0n) is 44.1. The molecule has 0 saturated carbocycles. The molecule has 67 heavy (non-hydrogen) atoms. The lowest BCUT2D eigenvalue weighted by molar-refractivity contribution is -0.303. The van der Waals surface area contributed by atoms with Crippen LogP contribution in [0, 0.1) is 0 Å². The van der Waals surface area contributed by atoms with Crippen molar-refractivity contribution in [3.05, 3.63) is 0 Å². The van der Waals surface area contributed by atoms with Crippen LogP contribution in [0.2, 0.25) is 0 Å². The van der Waals surface area contributed by atoms with Gasteiger partial charge in [-0.1, -0.05) is 277 Å². The first-order chi connectivity index (χ1) is 32.8. The maximum Gasteiger partial charge on any atom is 0.220 e. The Hall–Kier alpha value is -0.850. The summed E-state index contributed by atoms with van der Waals surface area (Å²) in [5, 5.41) is 65.2. The smallest absolute Gasteiger partial charge is 0.220 e. The number of carbonyl (C=O) groups is 1. The molecule has 1 amide bonds. The van der Waals surface area contributed by atoms with Crippen molar-refractivity contribution in [3.63, 3.8) is 0 Å². The maximum absolute atomic E-state index is 13.0. The fourth-order valence-electron chi connectivity index (χ4n) is 9.85. The van der Waals surface area contributed by atoms with E-state index in [1.807, 2.05) is 0 Å². The van der Waals surface area contributed by atoms with E-state index in [-0.39, 0.29) is 18.9 Å². The van der Waals surface area contributed by atoms with Crippen LogP contribution in [0.1, 0.15) is 296 Å². The summed E-state index contributed by atoms with van der Waals surface area (Å²) in [6.07, 6.45) is 46.0. The van der Waals surface area contributed by atoms with E-state index in [9.17, 15) is 35.4 Å². The van der Waals surface area contributed by atoms with Gasteiger partial charge in [-0.2, -0.15) is 0 Å². The summed E-state index contributed by atoms with van der Waals surface area (Å²) >= 11 is 0. The fraction of sp³-hybridized carbons (Fsp3) is 0.982. The van der Waals surface area contributed by atoms with Crippen molar-refractivity contribution in [1.82, 2.24) is 5.32 Å². The minimum Gasteiger partial charge on any atom is -0.394 e. The summed E-state index contributed by atoms with van der Waals surface area (Å²) in [5.74, 6) is -0.252. The van der Waals surface area contributed by atoms with Gasteiger partial charge in [0.05, 0.1) is 25.4 Å². The van der Waals surface area contributed by atoms with E-state index in [0.29, 0.717) is 6.42 Å². The van der Waals surface area contributed by atoms with Crippen LogP contribution in [0.5, 0.6) is 0 Å². The van der Waals surface area contributed by atoms with Crippen LogP contribution >= 0.6 is 0 Å². The lowest BCUT2D eigenvalue weighted by Crippen LogP contribution is -2.60. The third-order valence-electron chi connectivity index (χ3n) is 14.6. The van der Waals surface area contributed by atoms with Crippen molar-refractivity contribution in [3.8, 4) is 0 Å². The Morgan fingerprint density at radius 1 is 0.463 bits per heavy atom. The first-order valence-corrected chi connectivity index (χ1v) is 29.3. The van der Waals surface area contributed by atoms with Crippen molar-refractivity contribution in [2.24, 2.45) is 0 Å². The zero-order valence-corrected chi connectivity index (χ0v) is 44.1. The number of amides is 1. The molecule has 8 atom stereocenters. The van der Waals surface area contributed by atoms with Crippen LogP contribution in [0.3, 0.4) is 0 Å². The third-order valence-corrected chi connectivity index (χ3v) is 14.6. The van der Waals surface area contributed by atoms with Gasteiger partial charge >= 0.3 is 0 Å². The number of unbranched alkanes of at least 4 members (excludes halogenated alkanes) is 40. The van der Waals surface area contributed by atoms with Crippen LogP contribution in [-0.4, -0.2) is 98.7 Å². The van der Waals surface area contributed by atoms with Gasteiger partial charge in [0.1, 0.15) is 30.5 Å². The second-order valence-corrected chi connectivity index (χ2v) is 20.9. The summed E-state index contributed by atoms with van der Waals surface area (Å²) in [5.41, 5.74) is 0. The highest BCUT2D eigenvalue weighted by Crippen LogP contribution is 2.24. The maximum atomic E-state index is 13.0. The molecule has 0 radical (unpaired) electrons. The molecule has 0 aliphatic carbocycles. The fourth-order valence-corrected chi connectivity index (χ4v) is 9.85. The van der Waals surface area contributed by atoms with Crippen molar-refractivity contribution < 1.29 is 44.9 Å². The number of nitrogens with one attached hydrogen (secondary N) is 1. The quantitative estimate of drug-likeness (QED) is 0.0293. The molecule has 7 N–H and O–H groups in total. The summed E-state index contributed by atoms with van der Waals surface area (Å²) in [4.78, 5) is 13.0. The molecule has 0 aromatic carbocycles. The van der Waals surface area contributed by atoms with Crippen LogP contribution in [0.25, 0.3) is 0 Å². The molecule has 10 nitrogen and oxygen atoms in total. The first kappa shape index (κ1) is 64.2. The molecule has 10 heteroatoms. The number of hydrogen-bond donors (Lipinski definition) is 7. The van der Waals surface area contributed by atoms with E-state index in [1.165, 1.54) is 225 Å². The van der Waals surface area contributed by atoms with Crippen molar-refractivity contribution in [1.29, 1.82) is 0 Å². The molecule has 0 aromatic rings. The second-order valence-electron chi connectivity index (χ2n) is 20.9. The average Bonchev–Trinajstić information content (AvgIpc) is 3.33. The zero-order chi connectivity index (χ0) is 48.8. The topological polar surface area (TPSA) is 169 Å². The molecule has 1 aliphatic heterocycles. The summed E-state index contributed by atoms with van der Waals surface area (Å²) < 4.78 is 11.2. The van der Waals surface area contributed by atoms with Gasteiger partial charge < -0.3 is 45.4 Å². The molecular formula is C57H113NO9. The molecule has 2 unspecified atom stereocenters. The molecule has 0 aromatic heterocycles. The number of aliphatic hydroxyl groups excluding tert-OH is 6. The van der Waals surface area contributed by atoms with Crippen molar-refractivity contribution in [2.75, 3.05) is 13.2 Å². The van der Waals surface area contributed by atoms with Crippen LogP contribution < -0.4 is 5.32 Å². The summed E-state index contributed by atoms with van der Waals surface area (Å²) in [6.45, 7) is 3.61. The third kappa shape index (κ3) is 36.7. The highest BCUT2D eigenvalue weighted by Gasteiger charge is 2.44. The van der Waals surface area contributed by atoms with Crippen molar-refractivity contribution >= 4 is 5.91 Å². The minimum atomic E-state index is -1.60. The molecule has 1 aliphatic rings. The summed E-state index contributed by atoms with van der Waals surface area (Å²) in [7, 11) is 0. The van der Waals surface area contributed by atoms with Gasteiger partial charge in [-0.15, -0.1) is 0 Å². The van der Waals surface area contributed by atoms with E-state index in [2.05, 4.69) is 19.2 Å². The van der Waals surface area contributed by atoms with Gasteiger partial charge in [0, 0.05) is 6.42 Å². The Bertz CT molecular complexity index is 1040. The Balaban J connectivity index is 2.07. The first-order valence-electron chi connectivity index (χ1n) is 29.3. The standard InChI is InChI=1S/C57H113NO9/c1-3-5-7-9-11-13-14-15-16-17-18-19-20-21-22-23-24-25-26-27-28-29-30-31-32-33-34-35-36-38-40-42-44-46-52(61)58-49(48-66-57-56(65)55(64)54(63)51(47-59)67-57)53(62)50(60)45-43-41-39-37-12-10-8-6-4-2/h49-51,53-57,59-60,62-65H,3-48H2,1-2H3,(H,58,61)/t49-,50+,51+,53-,54+,55?,56?,57+/m0/s1. The van der Waals surface area contributed by atoms with E-state index in [1.54, 1.807) is 0 Å². The van der Waals surface area contributed by atoms with Gasteiger partial charge in [-0.05, 0) is 12.8 Å². The van der Waals surface area contributed by atoms with Crippen LogP contribution in [-0.2, 0) is 14.3 Å². The Morgan fingerprint density at radius 2 is 0.776 bits per heavy atom. The van der Waals surface area contributed by atoms with Gasteiger partial charge in [-0.3, -0.25) is 4.79 Å². The number of ether oxygens (including phenoxy) is 2. The van der Waals surface area contributed by atoms with E-state index in [4.69, 9.17) is 9.47 Å². The Labute approximate surface area is 413 Å². The molecule has 1 rings (SSSR count). The Kier molecular flexibility index (Phi) is 45.5. The van der Waals surface area contributed by atoms with Gasteiger partial charge in [0.25, 0.3) is 0 Å². The number of rotatable bonds is 51. The second kappa shape index (κ2) is 47.5. The SMILES string of the molecule is CCCCCCCCCCCCCCCCCCCCCCCCCCCCCCCCCCCC(=O)N[C@@H](CO[C@@H]1O[C@H](CO)[C@@H](O)C(O)C1O)[C@H](O)[C@H](O)CCCCCCCCCCC. The largest absolute Gasteiger partial charge is 0.394 e. The molecule has 1 fully saturated rings. The number of carbonyl (C=O) groups excluding carboxylic acids is 1. The van der Waals surface area contributed by atoms with Crippen LogP contribution in [0.4, 0.5) is 0 Å². The normalized spacial score (nSPS) is 20.0. The van der Waals surface area contributed by atoms with Crippen LogP contribution in [0.15, 0.2) is 0 Å². The number of aliphatic hydroxyl groups is 6. The van der Waals surface area contributed by atoms with Gasteiger partial charge in [0.15, 0.2) is 6.29 Å². The highest BCUT2D eigenvalue weighted by molar-refractivity contribution is 5.76. The highest BCUT2D eigenvalue weighted by atomic mass is 16.7. The monoisotopic (exact) mass is 956 g/mol. The molecule has 1 heterocycles. The molecule has 0 bridgehead atoms. The average molecular weight is 957 g/mol. The van der Waals surface area contributed by atoms with E-state index < -0.39 is 55.6 Å². The molecule has 0 spiro atoms. The predicted octanol–water partition coefficient (Wildman–Crippen LogP) is 13.2. The Morgan fingerprint density at radius 3 is 1.10 bits per heavy atom. The molecule has 1 saturated heterocycles. The lowest BCUT2D eigenvalue weighted by Gasteiger charge is -2.40. The number of hydrogen-bond acceptors (Lipinski definition) is 9. The van der Waals surface area contributed by atoms with Gasteiger partial charge in [0.2, 0.25) is 5.91 Å². The van der Waals surface area contributed by atoms with Crippen molar-refractivity contribution in [2.45, 2.75) is 345 Å². The lowest BCUT2D eigenvalue weighted by atomic mass is 9.98. The predicted molar refractivity (Wildman–Crippen MR) is 278 cm³/mol. The van der Waals surface area contributed by atoms with E-state index in [0.717, 1.165) is 44.9 Å². The van der Waals surface area contributed by atoms with E-state index >= 15 is 0 Å². The summed E-state index contributed by atoms with van der Waals surface area (Å²) in [6, 6.07) is -0.985.